The molecule has 2 aromatic carbocycles. The van der Waals surface area contributed by atoms with Gasteiger partial charge < -0.3 is 19.7 Å². The number of hydrogen-bond acceptors (Lipinski definition) is 8. The molecule has 40 heavy (non-hydrogen) atoms. The number of anilines is 1. The smallest absolute Gasteiger partial charge is 0.225 e. The van der Waals surface area contributed by atoms with Crippen LogP contribution in [-0.2, 0) is 9.53 Å². The quantitative estimate of drug-likeness (QED) is 0.162. The molecule has 1 atom stereocenters. The Kier molecular flexibility index (Phi) is 20.2. The third-order valence-corrected chi connectivity index (χ3v) is 5.30. The number of ether oxygens (including phenoxy) is 1. The normalized spacial score (nSPS) is 13.2. The molecule has 1 aromatic heterocycles. The standard InChI is InChI=1S/C13H12.C12H19N5O2.C3H6O.C2H4.C2H2/c1-11-7-9-13(10-8-11)12-5-3-2-4-6-12;1-9(16-18)10-5-14-12(15-6-10)17-3-4-19-11(8-17)7-13-2;1-2-3-4;2*1-2/h2-10H,1H3;5-6,11,13,16,18H,1,3-4,7-8H2,2H3;3H,2H2,1H3;1-2H2;1-2H. The van der Waals surface area contributed by atoms with Crippen molar-refractivity contribution in [1.82, 2.24) is 20.8 Å². The molecule has 1 saturated heterocycles. The van der Waals surface area contributed by atoms with E-state index >= 15 is 0 Å². The molecule has 1 fully saturated rings. The van der Waals surface area contributed by atoms with Crippen LogP contribution >= 0.6 is 0 Å². The summed E-state index contributed by atoms with van der Waals surface area (Å²) in [6.45, 7) is 16.6. The minimum absolute atomic E-state index is 0.149. The van der Waals surface area contributed by atoms with Crippen LogP contribution in [0.1, 0.15) is 24.5 Å². The Labute approximate surface area is 239 Å². The second-order valence-electron chi connectivity index (χ2n) is 8.17. The van der Waals surface area contributed by atoms with Crippen LogP contribution in [0, 0.1) is 19.8 Å². The number of aryl methyl sites for hydroxylation is 1. The number of rotatable bonds is 7. The number of terminal acetylenes is 1. The Morgan fingerprint density at radius 2 is 1.65 bits per heavy atom. The van der Waals surface area contributed by atoms with Crippen LogP contribution < -0.4 is 15.7 Å². The molecule has 1 unspecified atom stereocenters. The number of hydrogen-bond donors (Lipinski definition) is 3. The molecule has 1 aliphatic rings. The summed E-state index contributed by atoms with van der Waals surface area (Å²) < 4.78 is 5.63. The lowest BCUT2D eigenvalue weighted by molar-refractivity contribution is -0.107. The molecule has 0 saturated carbocycles. The number of nitrogens with zero attached hydrogens (tertiary/aromatic N) is 3. The lowest BCUT2D eigenvalue weighted by Crippen LogP contribution is -2.46. The molecule has 8 nitrogen and oxygen atoms in total. The molecule has 1 aliphatic heterocycles. The molecule has 2 heterocycles. The number of aldehydes is 1. The SMILES string of the molecule is C#C.C=C.C=C(NO)c1cnc(N2CCOC(CNC)C2)nc1.CCC=O.Cc1ccc(-c2ccccc2)cc1. The highest BCUT2D eigenvalue weighted by Gasteiger charge is 2.21. The van der Waals surface area contributed by atoms with Gasteiger partial charge in [-0.3, -0.25) is 10.7 Å². The van der Waals surface area contributed by atoms with E-state index in [1.54, 1.807) is 12.4 Å². The summed E-state index contributed by atoms with van der Waals surface area (Å²) in [5.74, 6) is 0.666. The van der Waals surface area contributed by atoms with Crippen molar-refractivity contribution < 1.29 is 14.7 Å². The topological polar surface area (TPSA) is 99.6 Å². The van der Waals surface area contributed by atoms with Crippen molar-refractivity contribution in [2.24, 2.45) is 0 Å². The van der Waals surface area contributed by atoms with Gasteiger partial charge in [-0.05, 0) is 25.1 Å². The zero-order valence-electron chi connectivity index (χ0n) is 23.9. The number of benzene rings is 2. The second kappa shape index (κ2) is 22.7. The Balaban J connectivity index is 0.000000627. The average Bonchev–Trinajstić information content (AvgIpc) is 3.04. The number of morpholine rings is 1. The van der Waals surface area contributed by atoms with Crippen molar-refractivity contribution in [2.45, 2.75) is 26.4 Å². The maximum Gasteiger partial charge on any atom is 0.225 e. The molecule has 8 heteroatoms. The zero-order chi connectivity index (χ0) is 30.2. The first kappa shape index (κ1) is 35.7. The predicted octanol–water partition coefficient (Wildman–Crippen LogP) is 5.16. The Hall–Kier alpha value is -4.29. The Bertz CT molecular complexity index is 1090. The van der Waals surface area contributed by atoms with Gasteiger partial charge in [-0.2, -0.15) is 0 Å². The van der Waals surface area contributed by atoms with Gasteiger partial charge in [0.05, 0.1) is 18.4 Å². The van der Waals surface area contributed by atoms with Crippen LogP contribution in [0.2, 0.25) is 0 Å². The maximum atomic E-state index is 9.17. The van der Waals surface area contributed by atoms with Crippen molar-refractivity contribution in [3.63, 3.8) is 0 Å². The highest BCUT2D eigenvalue weighted by Crippen LogP contribution is 2.18. The van der Waals surface area contributed by atoms with E-state index in [4.69, 9.17) is 9.94 Å². The highest BCUT2D eigenvalue weighted by molar-refractivity contribution is 5.63. The van der Waals surface area contributed by atoms with Gasteiger partial charge in [0.15, 0.2) is 0 Å². The van der Waals surface area contributed by atoms with E-state index in [-0.39, 0.29) is 6.10 Å². The van der Waals surface area contributed by atoms with Gasteiger partial charge in [0, 0.05) is 44.0 Å². The molecular weight excluding hydrogens is 502 g/mol. The van der Waals surface area contributed by atoms with E-state index in [9.17, 15) is 4.79 Å². The number of likely N-dealkylation sites (N-methyl/N-ethyl adjacent to an activating group) is 1. The van der Waals surface area contributed by atoms with Gasteiger partial charge in [-0.1, -0.05) is 73.7 Å². The fourth-order valence-electron chi connectivity index (χ4n) is 3.33. The molecule has 3 aromatic rings. The Morgan fingerprint density at radius 1 is 1.10 bits per heavy atom. The van der Waals surface area contributed by atoms with E-state index in [1.807, 2.05) is 25.5 Å². The minimum Gasteiger partial charge on any atom is -0.373 e. The first-order valence-corrected chi connectivity index (χ1v) is 12.8. The molecule has 3 N–H and O–H groups in total. The van der Waals surface area contributed by atoms with Crippen LogP contribution in [0.15, 0.2) is 86.7 Å². The van der Waals surface area contributed by atoms with Crippen LogP contribution in [0.4, 0.5) is 5.95 Å². The van der Waals surface area contributed by atoms with Crippen LogP contribution in [0.3, 0.4) is 0 Å². The van der Waals surface area contributed by atoms with Gasteiger partial charge in [0.1, 0.15) is 6.29 Å². The van der Waals surface area contributed by atoms with E-state index in [1.165, 1.54) is 16.7 Å². The fourth-order valence-corrected chi connectivity index (χ4v) is 3.33. The molecule has 0 bridgehead atoms. The fraction of sp³-hybridized carbons (Fsp3) is 0.281. The van der Waals surface area contributed by atoms with Crippen molar-refractivity contribution in [3.05, 3.63) is 97.9 Å². The van der Waals surface area contributed by atoms with Crippen LogP contribution in [-0.4, -0.2) is 60.9 Å². The second-order valence-corrected chi connectivity index (χ2v) is 8.17. The highest BCUT2D eigenvalue weighted by atomic mass is 16.5. The molecule has 0 aliphatic carbocycles. The van der Waals surface area contributed by atoms with E-state index in [2.05, 4.69) is 108 Å². The van der Waals surface area contributed by atoms with Gasteiger partial charge in [0.2, 0.25) is 5.95 Å². The lowest BCUT2D eigenvalue weighted by Gasteiger charge is -2.32. The van der Waals surface area contributed by atoms with Gasteiger partial charge in [-0.15, -0.1) is 26.0 Å². The summed E-state index contributed by atoms with van der Waals surface area (Å²) in [5, 5.41) is 11.9. The average molecular weight is 546 g/mol. The third kappa shape index (κ3) is 13.5. The van der Waals surface area contributed by atoms with Crippen molar-refractivity contribution in [3.8, 4) is 24.0 Å². The summed E-state index contributed by atoms with van der Waals surface area (Å²) in [7, 11) is 1.90. The van der Waals surface area contributed by atoms with Gasteiger partial charge in [-0.25, -0.2) is 9.97 Å². The largest absolute Gasteiger partial charge is 0.373 e. The number of hydroxylamine groups is 1. The number of aromatic nitrogens is 2. The third-order valence-electron chi connectivity index (χ3n) is 5.30. The Morgan fingerprint density at radius 3 is 2.15 bits per heavy atom. The van der Waals surface area contributed by atoms with E-state index < -0.39 is 0 Å². The van der Waals surface area contributed by atoms with Crippen molar-refractivity contribution >= 4 is 17.9 Å². The lowest BCUT2D eigenvalue weighted by atomic mass is 10.0. The molecule has 0 radical (unpaired) electrons. The number of nitrogens with one attached hydrogen (secondary N) is 2. The first-order chi connectivity index (χ1) is 19.5. The van der Waals surface area contributed by atoms with E-state index in [0.29, 0.717) is 30.2 Å². The summed E-state index contributed by atoms with van der Waals surface area (Å²) in [6, 6.07) is 19.0. The van der Waals surface area contributed by atoms with E-state index in [0.717, 1.165) is 25.9 Å². The van der Waals surface area contributed by atoms with Crippen molar-refractivity contribution in [1.29, 1.82) is 0 Å². The summed E-state index contributed by atoms with van der Waals surface area (Å²) in [4.78, 5) is 19.8. The zero-order valence-corrected chi connectivity index (χ0v) is 23.9. The first-order valence-electron chi connectivity index (χ1n) is 12.8. The monoisotopic (exact) mass is 545 g/mol. The van der Waals surface area contributed by atoms with Crippen LogP contribution in [0.5, 0.6) is 0 Å². The number of carbonyl (C=O) groups excluding carboxylic acids is 1. The van der Waals surface area contributed by atoms with Gasteiger partial charge in [0.25, 0.3) is 0 Å². The maximum absolute atomic E-state index is 9.17. The summed E-state index contributed by atoms with van der Waals surface area (Å²) in [6.07, 6.45) is 12.9. The molecule has 0 spiro atoms. The molecular formula is C32H43N5O3. The molecule has 0 amide bonds. The van der Waals surface area contributed by atoms with Crippen molar-refractivity contribution in [2.75, 3.05) is 38.2 Å². The predicted molar refractivity (Wildman–Crippen MR) is 166 cm³/mol. The molecule has 4 rings (SSSR count). The molecule has 214 valence electrons. The van der Waals surface area contributed by atoms with Crippen LogP contribution in [0.25, 0.3) is 16.8 Å². The minimum atomic E-state index is 0.149. The summed E-state index contributed by atoms with van der Waals surface area (Å²) in [5.41, 5.74) is 6.89. The summed E-state index contributed by atoms with van der Waals surface area (Å²) >= 11 is 0. The van der Waals surface area contributed by atoms with Gasteiger partial charge >= 0.3 is 0 Å². The number of carbonyl (C=O) groups is 1.